The predicted molar refractivity (Wildman–Crippen MR) is 83.1 cm³/mol. The summed E-state index contributed by atoms with van der Waals surface area (Å²) in [6.07, 6.45) is 3.45. The number of hydrogen-bond acceptors (Lipinski definition) is 4. The molecule has 0 bridgehead atoms. The van der Waals surface area contributed by atoms with Gasteiger partial charge < -0.3 is 5.73 Å². The van der Waals surface area contributed by atoms with Gasteiger partial charge in [0.2, 0.25) is 10.0 Å². The lowest BCUT2D eigenvalue weighted by molar-refractivity contribution is 0.322. The highest BCUT2D eigenvalue weighted by molar-refractivity contribution is 7.88. The van der Waals surface area contributed by atoms with E-state index in [1.807, 2.05) is 24.3 Å². The Morgan fingerprint density at radius 1 is 1.24 bits per heavy atom. The number of nitrogens with two attached hydrogens (primary N) is 1. The summed E-state index contributed by atoms with van der Waals surface area (Å²) in [5, 5.41) is 0. The van der Waals surface area contributed by atoms with Crippen LogP contribution in [0.1, 0.15) is 30.4 Å². The molecule has 1 unspecified atom stereocenters. The van der Waals surface area contributed by atoms with Gasteiger partial charge in [-0.2, -0.15) is 0 Å². The standard InChI is InChI=1S/C15H23N3O2S/c16-9-12-2-1-3-13(8-12)11-21(19,20)17-14-6-7-18(10-14)15-4-5-15/h1-3,8,14-15,17H,4-7,9-11,16H2. The highest BCUT2D eigenvalue weighted by Crippen LogP contribution is 2.30. The van der Waals surface area contributed by atoms with E-state index >= 15 is 0 Å². The van der Waals surface area contributed by atoms with Gasteiger partial charge in [-0.1, -0.05) is 24.3 Å². The van der Waals surface area contributed by atoms with Crippen LogP contribution in [0.5, 0.6) is 0 Å². The van der Waals surface area contributed by atoms with Crippen LogP contribution in [0.2, 0.25) is 0 Å². The first kappa shape index (κ1) is 15.0. The summed E-state index contributed by atoms with van der Waals surface area (Å²) < 4.78 is 27.4. The molecular formula is C15H23N3O2S. The Morgan fingerprint density at radius 3 is 2.71 bits per heavy atom. The topological polar surface area (TPSA) is 75.4 Å². The molecule has 0 spiro atoms. The SMILES string of the molecule is NCc1cccc(CS(=O)(=O)NC2CCN(C3CC3)C2)c1. The normalized spacial score (nSPS) is 23.6. The summed E-state index contributed by atoms with van der Waals surface area (Å²) in [4.78, 5) is 2.40. The number of nitrogens with one attached hydrogen (secondary N) is 1. The van der Waals surface area contributed by atoms with Gasteiger partial charge in [0, 0.05) is 31.7 Å². The Morgan fingerprint density at radius 2 is 2.00 bits per heavy atom. The molecule has 2 aliphatic rings. The number of rotatable bonds is 6. The zero-order chi connectivity index (χ0) is 14.9. The van der Waals surface area contributed by atoms with Crippen LogP contribution < -0.4 is 10.5 Å². The fourth-order valence-corrected chi connectivity index (χ4v) is 4.42. The summed E-state index contributed by atoms with van der Waals surface area (Å²) in [6, 6.07) is 8.24. The van der Waals surface area contributed by atoms with Crippen LogP contribution in [0.4, 0.5) is 0 Å². The van der Waals surface area contributed by atoms with E-state index < -0.39 is 10.0 Å². The van der Waals surface area contributed by atoms with Crippen LogP contribution >= 0.6 is 0 Å². The van der Waals surface area contributed by atoms with Gasteiger partial charge in [-0.3, -0.25) is 4.90 Å². The highest BCUT2D eigenvalue weighted by Gasteiger charge is 2.35. The van der Waals surface area contributed by atoms with Gasteiger partial charge in [0.05, 0.1) is 5.75 Å². The van der Waals surface area contributed by atoms with Crippen molar-refractivity contribution in [2.45, 2.75) is 43.6 Å². The molecule has 3 rings (SSSR count). The van der Waals surface area contributed by atoms with Gasteiger partial charge in [0.15, 0.2) is 0 Å². The predicted octanol–water partition coefficient (Wildman–Crippen LogP) is 0.801. The van der Waals surface area contributed by atoms with Gasteiger partial charge in [-0.05, 0) is 30.4 Å². The van der Waals surface area contributed by atoms with Crippen molar-refractivity contribution in [2.24, 2.45) is 5.73 Å². The Balaban J connectivity index is 1.58. The van der Waals surface area contributed by atoms with E-state index in [2.05, 4.69) is 9.62 Å². The van der Waals surface area contributed by atoms with E-state index in [1.54, 1.807) is 0 Å². The fraction of sp³-hybridized carbons (Fsp3) is 0.600. The molecule has 1 saturated carbocycles. The van der Waals surface area contributed by atoms with Crippen molar-refractivity contribution in [1.29, 1.82) is 0 Å². The van der Waals surface area contributed by atoms with E-state index in [4.69, 9.17) is 5.73 Å². The van der Waals surface area contributed by atoms with Gasteiger partial charge in [-0.15, -0.1) is 0 Å². The Hall–Kier alpha value is -0.950. The van der Waals surface area contributed by atoms with Crippen molar-refractivity contribution >= 4 is 10.0 Å². The van der Waals surface area contributed by atoms with Crippen LogP contribution in [0.15, 0.2) is 24.3 Å². The van der Waals surface area contributed by atoms with Gasteiger partial charge in [0.1, 0.15) is 0 Å². The van der Waals surface area contributed by atoms with Crippen molar-refractivity contribution in [3.8, 4) is 0 Å². The van der Waals surface area contributed by atoms with E-state index in [9.17, 15) is 8.42 Å². The van der Waals surface area contributed by atoms with Crippen molar-refractivity contribution in [3.05, 3.63) is 35.4 Å². The van der Waals surface area contributed by atoms with Crippen molar-refractivity contribution in [2.75, 3.05) is 13.1 Å². The molecule has 21 heavy (non-hydrogen) atoms. The van der Waals surface area contributed by atoms with E-state index in [-0.39, 0.29) is 11.8 Å². The number of sulfonamides is 1. The molecule has 1 saturated heterocycles. The summed E-state index contributed by atoms with van der Waals surface area (Å²) in [5.74, 6) is 0.0285. The van der Waals surface area contributed by atoms with Crippen LogP contribution in [-0.2, 0) is 22.3 Å². The third-order valence-corrected chi connectivity index (χ3v) is 5.62. The summed E-state index contributed by atoms with van der Waals surface area (Å²) in [6.45, 7) is 2.30. The molecule has 0 amide bonds. The molecule has 2 fully saturated rings. The minimum absolute atomic E-state index is 0.0285. The molecule has 116 valence electrons. The molecule has 3 N–H and O–H groups in total. The summed E-state index contributed by atoms with van der Waals surface area (Å²) in [5.41, 5.74) is 7.35. The molecule has 1 aliphatic carbocycles. The van der Waals surface area contributed by atoms with E-state index in [1.165, 1.54) is 12.8 Å². The van der Waals surface area contributed by atoms with Crippen molar-refractivity contribution < 1.29 is 8.42 Å². The summed E-state index contributed by atoms with van der Waals surface area (Å²) >= 11 is 0. The average molecular weight is 309 g/mol. The Labute approximate surface area is 126 Å². The second-order valence-electron chi connectivity index (χ2n) is 6.11. The Bertz CT molecular complexity index is 599. The first-order chi connectivity index (χ1) is 10.1. The number of benzene rings is 1. The molecule has 0 radical (unpaired) electrons. The first-order valence-electron chi connectivity index (χ1n) is 7.58. The maximum Gasteiger partial charge on any atom is 0.216 e. The maximum atomic E-state index is 12.3. The molecule has 0 aromatic heterocycles. The quantitative estimate of drug-likeness (QED) is 0.815. The zero-order valence-corrected chi connectivity index (χ0v) is 13.0. The number of hydrogen-bond donors (Lipinski definition) is 2. The smallest absolute Gasteiger partial charge is 0.216 e. The van der Waals surface area contributed by atoms with Crippen LogP contribution in [0.25, 0.3) is 0 Å². The minimum atomic E-state index is -3.29. The number of nitrogens with zero attached hydrogens (tertiary/aromatic N) is 1. The number of likely N-dealkylation sites (tertiary alicyclic amines) is 1. The zero-order valence-electron chi connectivity index (χ0n) is 12.2. The molecule has 1 atom stereocenters. The molecule has 1 aromatic carbocycles. The lowest BCUT2D eigenvalue weighted by atomic mass is 10.1. The third kappa shape index (κ3) is 4.03. The minimum Gasteiger partial charge on any atom is -0.326 e. The van der Waals surface area contributed by atoms with Crippen LogP contribution in [-0.4, -0.2) is 38.5 Å². The van der Waals surface area contributed by atoms with E-state index in [0.717, 1.165) is 30.6 Å². The molecule has 1 heterocycles. The third-order valence-electron chi connectivity index (χ3n) is 4.21. The second kappa shape index (κ2) is 6.04. The molecule has 1 aliphatic heterocycles. The van der Waals surface area contributed by atoms with Gasteiger partial charge in [-0.25, -0.2) is 13.1 Å². The first-order valence-corrected chi connectivity index (χ1v) is 9.23. The molecule has 1 aromatic rings. The van der Waals surface area contributed by atoms with Crippen molar-refractivity contribution in [1.82, 2.24) is 9.62 Å². The molecule has 5 nitrogen and oxygen atoms in total. The Kier molecular flexibility index (Phi) is 4.31. The fourth-order valence-electron chi connectivity index (χ4n) is 3.02. The second-order valence-corrected chi connectivity index (χ2v) is 7.87. The van der Waals surface area contributed by atoms with Crippen molar-refractivity contribution in [3.63, 3.8) is 0 Å². The van der Waals surface area contributed by atoms with Gasteiger partial charge in [0.25, 0.3) is 0 Å². The van der Waals surface area contributed by atoms with Crippen LogP contribution in [0.3, 0.4) is 0 Å². The van der Waals surface area contributed by atoms with E-state index in [0.29, 0.717) is 12.6 Å². The largest absolute Gasteiger partial charge is 0.326 e. The highest BCUT2D eigenvalue weighted by atomic mass is 32.2. The van der Waals surface area contributed by atoms with Gasteiger partial charge >= 0.3 is 0 Å². The lowest BCUT2D eigenvalue weighted by Gasteiger charge is -2.16. The lowest BCUT2D eigenvalue weighted by Crippen LogP contribution is -2.38. The molecular weight excluding hydrogens is 286 g/mol. The maximum absolute atomic E-state index is 12.3. The van der Waals surface area contributed by atoms with Crippen LogP contribution in [0, 0.1) is 0 Å². The monoisotopic (exact) mass is 309 g/mol. The summed E-state index contributed by atoms with van der Waals surface area (Å²) in [7, 11) is -3.29. The molecule has 6 heteroatoms. The average Bonchev–Trinajstić information content (AvgIpc) is 3.19.